The number of benzene rings is 1. The van der Waals surface area contributed by atoms with Gasteiger partial charge in [0, 0.05) is 13.1 Å². The second kappa shape index (κ2) is 5.63. The number of carbonyl (C=O) groups excluding carboxylic acids is 2. The molecule has 1 aromatic rings. The van der Waals surface area contributed by atoms with E-state index in [2.05, 4.69) is 5.32 Å². The Balaban J connectivity index is 1.94. The van der Waals surface area contributed by atoms with Crippen LogP contribution in [0.15, 0.2) is 30.3 Å². The second-order valence-corrected chi connectivity index (χ2v) is 5.62. The van der Waals surface area contributed by atoms with Crippen molar-refractivity contribution in [3.05, 3.63) is 35.9 Å². The molecule has 1 aliphatic heterocycles. The van der Waals surface area contributed by atoms with Crippen molar-refractivity contribution in [1.82, 2.24) is 10.2 Å². The van der Waals surface area contributed by atoms with Gasteiger partial charge in [-0.1, -0.05) is 30.3 Å². The van der Waals surface area contributed by atoms with Crippen LogP contribution in [0.5, 0.6) is 0 Å². The summed E-state index contributed by atoms with van der Waals surface area (Å²) in [6.07, 6.45) is 0.577. The molecule has 5 nitrogen and oxygen atoms in total. The van der Waals surface area contributed by atoms with Crippen LogP contribution in [-0.4, -0.2) is 40.0 Å². The third-order valence-corrected chi connectivity index (χ3v) is 3.37. The van der Waals surface area contributed by atoms with Gasteiger partial charge in [-0.25, -0.2) is 0 Å². The molecule has 5 heteroatoms. The fraction of sp³-hybridized carbons (Fsp3) is 0.467. The topological polar surface area (TPSA) is 69.6 Å². The van der Waals surface area contributed by atoms with E-state index in [1.165, 1.54) is 13.8 Å². The summed E-state index contributed by atoms with van der Waals surface area (Å²) in [5.74, 6) is -0.608. The van der Waals surface area contributed by atoms with Crippen LogP contribution < -0.4 is 5.32 Å². The van der Waals surface area contributed by atoms with E-state index in [1.54, 1.807) is 4.90 Å². The minimum atomic E-state index is -1.47. The van der Waals surface area contributed by atoms with E-state index >= 15 is 0 Å². The van der Waals surface area contributed by atoms with Gasteiger partial charge in [-0.3, -0.25) is 9.59 Å². The number of amides is 2. The van der Waals surface area contributed by atoms with Gasteiger partial charge in [0.1, 0.15) is 11.6 Å². The van der Waals surface area contributed by atoms with Gasteiger partial charge in [-0.05, 0) is 25.8 Å². The van der Waals surface area contributed by atoms with E-state index in [-0.39, 0.29) is 5.91 Å². The lowest BCUT2D eigenvalue weighted by atomic mass is 10.1. The van der Waals surface area contributed by atoms with Crippen molar-refractivity contribution in [3.63, 3.8) is 0 Å². The molecule has 1 heterocycles. The molecule has 0 spiro atoms. The van der Waals surface area contributed by atoms with Crippen LogP contribution in [0.4, 0.5) is 0 Å². The average Bonchev–Trinajstić information content (AvgIpc) is 2.72. The Morgan fingerprint density at radius 1 is 1.40 bits per heavy atom. The summed E-state index contributed by atoms with van der Waals surface area (Å²) in [5.41, 5.74) is -0.400. The molecule has 20 heavy (non-hydrogen) atoms. The highest BCUT2D eigenvalue weighted by molar-refractivity contribution is 5.91. The molecule has 0 radical (unpaired) electrons. The lowest BCUT2D eigenvalue weighted by Gasteiger charge is -2.20. The lowest BCUT2D eigenvalue weighted by Crippen LogP contribution is -2.49. The number of nitrogens with one attached hydrogen (secondary N) is 1. The number of hydrogen-bond donors (Lipinski definition) is 2. The van der Waals surface area contributed by atoms with Crippen LogP contribution in [0, 0.1) is 0 Å². The molecular weight excluding hydrogens is 256 g/mol. The van der Waals surface area contributed by atoms with E-state index in [0.29, 0.717) is 19.5 Å². The van der Waals surface area contributed by atoms with Crippen molar-refractivity contribution in [3.8, 4) is 0 Å². The Bertz CT molecular complexity index is 494. The maximum atomic E-state index is 12.2. The minimum Gasteiger partial charge on any atom is -0.381 e. The minimum absolute atomic E-state index is 0.0912. The Labute approximate surface area is 118 Å². The predicted molar refractivity (Wildman–Crippen MR) is 74.7 cm³/mol. The Morgan fingerprint density at radius 3 is 2.65 bits per heavy atom. The van der Waals surface area contributed by atoms with Crippen LogP contribution in [0.2, 0.25) is 0 Å². The normalized spacial score (nSPS) is 19.2. The standard InChI is InChI=1S/C15H20N2O3/c1-15(2,20)14(19)16-12-8-9-17(13(12)18)10-11-6-4-3-5-7-11/h3-7,12,20H,8-10H2,1-2H3,(H,16,19). The summed E-state index contributed by atoms with van der Waals surface area (Å²) >= 11 is 0. The van der Waals surface area contributed by atoms with Crippen LogP contribution in [0.3, 0.4) is 0 Å². The Hall–Kier alpha value is -1.88. The molecule has 0 bridgehead atoms. The number of nitrogens with zero attached hydrogens (tertiary/aromatic N) is 1. The molecule has 0 aromatic heterocycles. The van der Waals surface area contributed by atoms with Crippen LogP contribution in [0.1, 0.15) is 25.8 Å². The van der Waals surface area contributed by atoms with Gasteiger partial charge >= 0.3 is 0 Å². The Morgan fingerprint density at radius 2 is 2.05 bits per heavy atom. The van der Waals surface area contributed by atoms with Crippen molar-refractivity contribution in [1.29, 1.82) is 0 Å². The van der Waals surface area contributed by atoms with E-state index < -0.39 is 17.6 Å². The molecule has 0 aliphatic carbocycles. The Kier molecular flexibility index (Phi) is 4.09. The van der Waals surface area contributed by atoms with E-state index in [0.717, 1.165) is 5.56 Å². The molecule has 2 amide bonds. The molecule has 1 aliphatic rings. The molecule has 1 saturated heterocycles. The smallest absolute Gasteiger partial charge is 0.252 e. The zero-order valence-electron chi connectivity index (χ0n) is 11.8. The number of carbonyl (C=O) groups is 2. The zero-order chi connectivity index (χ0) is 14.8. The first-order valence-corrected chi connectivity index (χ1v) is 6.74. The summed E-state index contributed by atoms with van der Waals surface area (Å²) < 4.78 is 0. The third kappa shape index (κ3) is 3.36. The first-order chi connectivity index (χ1) is 9.38. The van der Waals surface area contributed by atoms with Crippen molar-refractivity contribution >= 4 is 11.8 Å². The highest BCUT2D eigenvalue weighted by Crippen LogP contribution is 2.16. The molecule has 2 rings (SSSR count). The highest BCUT2D eigenvalue weighted by atomic mass is 16.3. The molecule has 1 aromatic carbocycles. The van der Waals surface area contributed by atoms with Gasteiger partial charge in [0.15, 0.2) is 0 Å². The van der Waals surface area contributed by atoms with Crippen molar-refractivity contribution < 1.29 is 14.7 Å². The van der Waals surface area contributed by atoms with Gasteiger partial charge in [-0.2, -0.15) is 0 Å². The van der Waals surface area contributed by atoms with Crippen LogP contribution in [-0.2, 0) is 16.1 Å². The number of aliphatic hydroxyl groups is 1. The number of rotatable bonds is 4. The van der Waals surface area contributed by atoms with Crippen molar-refractivity contribution in [2.45, 2.75) is 38.5 Å². The quantitative estimate of drug-likeness (QED) is 0.849. The molecule has 1 unspecified atom stereocenters. The summed E-state index contributed by atoms with van der Waals surface area (Å²) in [7, 11) is 0. The largest absolute Gasteiger partial charge is 0.381 e. The molecule has 2 N–H and O–H groups in total. The maximum absolute atomic E-state index is 12.2. The lowest BCUT2D eigenvalue weighted by molar-refractivity contribution is -0.140. The van der Waals surface area contributed by atoms with E-state index in [4.69, 9.17) is 0 Å². The molecular formula is C15H20N2O3. The third-order valence-electron chi connectivity index (χ3n) is 3.37. The average molecular weight is 276 g/mol. The fourth-order valence-corrected chi connectivity index (χ4v) is 2.17. The van der Waals surface area contributed by atoms with Gasteiger partial charge in [0.05, 0.1) is 0 Å². The zero-order valence-corrected chi connectivity index (χ0v) is 11.8. The van der Waals surface area contributed by atoms with Gasteiger partial charge in [-0.15, -0.1) is 0 Å². The van der Waals surface area contributed by atoms with Gasteiger partial charge < -0.3 is 15.3 Å². The monoisotopic (exact) mass is 276 g/mol. The second-order valence-electron chi connectivity index (χ2n) is 5.62. The van der Waals surface area contributed by atoms with Crippen LogP contribution in [0.25, 0.3) is 0 Å². The summed E-state index contributed by atoms with van der Waals surface area (Å²) in [4.78, 5) is 25.6. The van der Waals surface area contributed by atoms with Gasteiger partial charge in [0.25, 0.3) is 5.91 Å². The number of hydrogen-bond acceptors (Lipinski definition) is 3. The summed E-state index contributed by atoms with van der Waals surface area (Å²) in [6.45, 7) is 3.98. The maximum Gasteiger partial charge on any atom is 0.252 e. The van der Waals surface area contributed by atoms with Crippen molar-refractivity contribution in [2.75, 3.05) is 6.54 Å². The summed E-state index contributed by atoms with van der Waals surface area (Å²) in [6, 6.07) is 9.21. The highest BCUT2D eigenvalue weighted by Gasteiger charge is 2.35. The van der Waals surface area contributed by atoms with Crippen molar-refractivity contribution in [2.24, 2.45) is 0 Å². The summed E-state index contributed by atoms with van der Waals surface area (Å²) in [5, 5.41) is 12.2. The molecule has 1 atom stereocenters. The fourth-order valence-electron chi connectivity index (χ4n) is 2.17. The van der Waals surface area contributed by atoms with Gasteiger partial charge in [0.2, 0.25) is 5.91 Å². The first kappa shape index (κ1) is 14.5. The van der Waals surface area contributed by atoms with E-state index in [1.807, 2.05) is 30.3 Å². The first-order valence-electron chi connectivity index (χ1n) is 6.74. The molecule has 0 saturated carbocycles. The van der Waals surface area contributed by atoms with E-state index in [9.17, 15) is 14.7 Å². The SMILES string of the molecule is CC(C)(O)C(=O)NC1CCN(Cc2ccccc2)C1=O. The molecule has 108 valence electrons. The molecule has 1 fully saturated rings. The predicted octanol–water partition coefficient (Wildman–Crippen LogP) is 0.675. The van der Waals surface area contributed by atoms with Crippen LogP contribution >= 0.6 is 0 Å². The number of likely N-dealkylation sites (tertiary alicyclic amines) is 1.